The molecule has 3 nitrogen and oxygen atoms in total. The van der Waals surface area contributed by atoms with E-state index in [1.54, 1.807) is 6.07 Å². The Hall–Kier alpha value is -1.95. The third kappa shape index (κ3) is 3.43. The van der Waals surface area contributed by atoms with Crippen molar-refractivity contribution < 1.29 is 27.8 Å². The summed E-state index contributed by atoms with van der Waals surface area (Å²) < 4.78 is 50.4. The van der Waals surface area contributed by atoms with Crippen LogP contribution in [0.5, 0.6) is 11.5 Å². The molecular formula is C18H19F3O3. The van der Waals surface area contributed by atoms with Gasteiger partial charge in [0, 0.05) is 6.61 Å². The van der Waals surface area contributed by atoms with Crippen LogP contribution in [0.15, 0.2) is 24.3 Å². The number of benzene rings is 1. The third-order valence-electron chi connectivity index (χ3n) is 4.20. The maximum absolute atomic E-state index is 13.3. The second-order valence-electron chi connectivity index (χ2n) is 5.89. The summed E-state index contributed by atoms with van der Waals surface area (Å²) in [5.41, 5.74) is 0.639. The summed E-state index contributed by atoms with van der Waals surface area (Å²) in [6.45, 7) is 0.215. The van der Waals surface area contributed by atoms with Gasteiger partial charge in [0.25, 0.3) is 0 Å². The zero-order valence-electron chi connectivity index (χ0n) is 13.2. The minimum atomic E-state index is -4.40. The number of hydrogen-bond donors (Lipinski definition) is 1. The topological polar surface area (TPSA) is 38.7 Å². The normalized spacial score (nSPS) is 17.3. The van der Waals surface area contributed by atoms with Gasteiger partial charge in [0.15, 0.2) is 11.5 Å². The van der Waals surface area contributed by atoms with E-state index in [1.165, 1.54) is 12.1 Å². The van der Waals surface area contributed by atoms with Gasteiger partial charge in [-0.15, -0.1) is 0 Å². The Morgan fingerprint density at radius 1 is 1.00 bits per heavy atom. The van der Waals surface area contributed by atoms with E-state index in [0.717, 1.165) is 25.7 Å². The lowest BCUT2D eigenvalue weighted by Crippen LogP contribution is -2.09. The molecule has 1 heterocycles. The molecule has 1 aliphatic heterocycles. The SMILES string of the molecule is OCCCCCCC=C1C=C(C(F)(F)F)c2cc3c(cc21)OCO3. The van der Waals surface area contributed by atoms with Gasteiger partial charge in [0.05, 0.1) is 5.57 Å². The Balaban J connectivity index is 1.82. The molecule has 1 aliphatic carbocycles. The smallest absolute Gasteiger partial charge is 0.417 e. The van der Waals surface area contributed by atoms with Gasteiger partial charge >= 0.3 is 6.18 Å². The first-order valence-electron chi connectivity index (χ1n) is 8.05. The summed E-state index contributed by atoms with van der Waals surface area (Å²) in [5.74, 6) is 0.841. The number of halogens is 3. The van der Waals surface area contributed by atoms with Crippen molar-refractivity contribution in [2.75, 3.05) is 13.4 Å². The molecule has 0 atom stereocenters. The molecule has 3 rings (SSSR count). The molecule has 0 bridgehead atoms. The van der Waals surface area contributed by atoms with E-state index in [-0.39, 0.29) is 19.0 Å². The molecule has 0 unspecified atom stereocenters. The van der Waals surface area contributed by atoms with Gasteiger partial charge in [-0.1, -0.05) is 18.9 Å². The van der Waals surface area contributed by atoms with Crippen LogP contribution in [-0.4, -0.2) is 24.7 Å². The van der Waals surface area contributed by atoms with Crippen LogP contribution in [0, 0.1) is 0 Å². The number of aliphatic hydroxyl groups is 1. The molecule has 24 heavy (non-hydrogen) atoms. The molecule has 1 aromatic carbocycles. The molecule has 0 aromatic heterocycles. The molecule has 0 spiro atoms. The second kappa shape index (κ2) is 6.89. The molecule has 0 fully saturated rings. The predicted molar refractivity (Wildman–Crippen MR) is 84.7 cm³/mol. The highest BCUT2D eigenvalue weighted by Crippen LogP contribution is 2.48. The number of alkyl halides is 3. The number of hydrogen-bond acceptors (Lipinski definition) is 3. The number of ether oxygens (including phenoxy) is 2. The number of fused-ring (bicyclic) bond motifs is 2. The second-order valence-corrected chi connectivity index (χ2v) is 5.89. The zero-order valence-corrected chi connectivity index (χ0v) is 13.2. The summed E-state index contributed by atoms with van der Waals surface area (Å²) in [6.07, 6.45) is 2.88. The van der Waals surface area contributed by atoms with Crippen LogP contribution in [0.4, 0.5) is 13.2 Å². The van der Waals surface area contributed by atoms with Gasteiger partial charge in [-0.3, -0.25) is 0 Å². The first-order chi connectivity index (χ1) is 11.5. The van der Waals surface area contributed by atoms with E-state index in [0.29, 0.717) is 29.1 Å². The fraction of sp³-hybridized carbons (Fsp3) is 0.444. The van der Waals surface area contributed by atoms with Crippen molar-refractivity contribution >= 4 is 11.1 Å². The fourth-order valence-corrected chi connectivity index (χ4v) is 2.99. The number of aliphatic hydroxyl groups excluding tert-OH is 1. The van der Waals surface area contributed by atoms with E-state index < -0.39 is 11.7 Å². The molecule has 2 aliphatic rings. The van der Waals surface area contributed by atoms with E-state index in [1.807, 2.05) is 6.08 Å². The fourth-order valence-electron chi connectivity index (χ4n) is 2.99. The Bertz CT molecular complexity index is 675. The van der Waals surface area contributed by atoms with Gasteiger partial charge in [0.2, 0.25) is 6.79 Å². The lowest BCUT2D eigenvalue weighted by Gasteiger charge is -2.10. The molecule has 0 saturated carbocycles. The van der Waals surface area contributed by atoms with Crippen molar-refractivity contribution in [2.24, 2.45) is 0 Å². The predicted octanol–water partition coefficient (Wildman–Crippen LogP) is 4.70. The van der Waals surface area contributed by atoms with E-state index in [2.05, 4.69) is 0 Å². The molecule has 6 heteroatoms. The Labute approximate surface area is 138 Å². The summed E-state index contributed by atoms with van der Waals surface area (Å²) in [4.78, 5) is 0. The van der Waals surface area contributed by atoms with Gasteiger partial charge in [-0.2, -0.15) is 13.2 Å². The molecule has 0 amide bonds. The first kappa shape index (κ1) is 16.9. The summed E-state index contributed by atoms with van der Waals surface area (Å²) in [7, 11) is 0. The number of rotatable bonds is 6. The van der Waals surface area contributed by atoms with Crippen LogP contribution < -0.4 is 9.47 Å². The lowest BCUT2D eigenvalue weighted by atomic mass is 10.0. The minimum Gasteiger partial charge on any atom is -0.454 e. The van der Waals surface area contributed by atoms with Gasteiger partial charge < -0.3 is 14.6 Å². The van der Waals surface area contributed by atoms with Gasteiger partial charge in [-0.25, -0.2) is 0 Å². The van der Waals surface area contributed by atoms with E-state index in [9.17, 15) is 13.2 Å². The highest BCUT2D eigenvalue weighted by molar-refractivity contribution is 5.98. The number of unbranched alkanes of at least 4 members (excludes halogenated alkanes) is 4. The van der Waals surface area contributed by atoms with Crippen molar-refractivity contribution in [1.29, 1.82) is 0 Å². The maximum atomic E-state index is 13.3. The molecule has 0 radical (unpaired) electrons. The van der Waals surface area contributed by atoms with E-state index in [4.69, 9.17) is 14.6 Å². The van der Waals surface area contributed by atoms with Crippen LogP contribution >= 0.6 is 0 Å². The molecule has 130 valence electrons. The highest BCUT2D eigenvalue weighted by Gasteiger charge is 2.40. The number of allylic oxidation sites excluding steroid dienone is 4. The first-order valence-corrected chi connectivity index (χ1v) is 8.05. The zero-order chi connectivity index (χ0) is 17.2. The van der Waals surface area contributed by atoms with Crippen molar-refractivity contribution in [3.63, 3.8) is 0 Å². The highest BCUT2D eigenvalue weighted by atomic mass is 19.4. The molecule has 1 N–H and O–H groups in total. The molecular weight excluding hydrogens is 321 g/mol. The van der Waals surface area contributed by atoms with Crippen molar-refractivity contribution in [2.45, 2.75) is 38.3 Å². The summed E-state index contributed by atoms with van der Waals surface area (Å²) in [6, 6.07) is 3.05. The van der Waals surface area contributed by atoms with Crippen LogP contribution in [0.3, 0.4) is 0 Å². The van der Waals surface area contributed by atoms with Crippen LogP contribution in [-0.2, 0) is 0 Å². The van der Waals surface area contributed by atoms with Crippen LogP contribution in [0.2, 0.25) is 0 Å². The Morgan fingerprint density at radius 3 is 2.33 bits per heavy atom. The standard InChI is InChI=1S/C18H19F3O3/c19-18(20,21)15-8-12(6-4-2-1-3-5-7-22)13-9-16-17(10-14(13)15)24-11-23-16/h6,8-10,22H,1-5,7,11H2. The largest absolute Gasteiger partial charge is 0.454 e. The average molecular weight is 340 g/mol. The Kier molecular flexibility index (Phi) is 4.85. The third-order valence-corrected chi connectivity index (χ3v) is 4.20. The van der Waals surface area contributed by atoms with Crippen molar-refractivity contribution in [3.05, 3.63) is 35.4 Å². The lowest BCUT2D eigenvalue weighted by molar-refractivity contribution is -0.0687. The quantitative estimate of drug-likeness (QED) is 0.763. The van der Waals surface area contributed by atoms with Gasteiger partial charge in [0.1, 0.15) is 0 Å². The Morgan fingerprint density at radius 2 is 1.67 bits per heavy atom. The van der Waals surface area contributed by atoms with Crippen LogP contribution in [0.25, 0.3) is 11.1 Å². The monoisotopic (exact) mass is 340 g/mol. The van der Waals surface area contributed by atoms with E-state index >= 15 is 0 Å². The van der Waals surface area contributed by atoms with Crippen LogP contribution in [0.1, 0.15) is 43.2 Å². The van der Waals surface area contributed by atoms with Crippen molar-refractivity contribution in [3.8, 4) is 11.5 Å². The molecule has 0 saturated heterocycles. The van der Waals surface area contributed by atoms with Gasteiger partial charge in [-0.05, 0) is 54.2 Å². The average Bonchev–Trinajstić information content (AvgIpc) is 3.12. The maximum Gasteiger partial charge on any atom is 0.417 e. The molecule has 1 aromatic rings. The summed E-state index contributed by atoms with van der Waals surface area (Å²) in [5, 5.41) is 8.74. The van der Waals surface area contributed by atoms with Crippen molar-refractivity contribution in [1.82, 2.24) is 0 Å². The summed E-state index contributed by atoms with van der Waals surface area (Å²) >= 11 is 0. The minimum absolute atomic E-state index is 0.0349.